The van der Waals surface area contributed by atoms with Gasteiger partial charge in [0.05, 0.1) is 17.0 Å². The molecule has 0 amide bonds. The summed E-state index contributed by atoms with van der Waals surface area (Å²) in [5, 5.41) is 0. The van der Waals surface area contributed by atoms with E-state index in [4.69, 9.17) is 10.5 Å². The average Bonchev–Trinajstić information content (AvgIpc) is 2.84. The van der Waals surface area contributed by atoms with E-state index in [2.05, 4.69) is 0 Å². The summed E-state index contributed by atoms with van der Waals surface area (Å²) < 4.78 is 32.2. The molecule has 1 aromatic carbocycles. The van der Waals surface area contributed by atoms with E-state index in [1.165, 1.54) is 4.31 Å². The number of nitrogens with zero attached hydrogens (tertiary/aromatic N) is 1. The Morgan fingerprint density at radius 1 is 1.45 bits per heavy atom. The van der Waals surface area contributed by atoms with E-state index >= 15 is 0 Å². The summed E-state index contributed by atoms with van der Waals surface area (Å²) >= 11 is 0. The maximum atomic E-state index is 12.7. The largest absolute Gasteiger partial charge is 0.377 e. The SMILES string of the molecule is Cc1ccc(S(=O)(=O)N(C)C2CCOC2C)cc1CN. The average molecular weight is 298 g/mol. The minimum atomic E-state index is -3.51. The summed E-state index contributed by atoms with van der Waals surface area (Å²) in [5.41, 5.74) is 7.52. The standard InChI is InChI=1S/C14H22N2O3S/c1-10-4-5-13(8-12(10)9-15)20(17,18)16(3)14-6-7-19-11(14)2/h4-5,8,11,14H,6-7,9,15H2,1-3H3. The predicted octanol–water partition coefficient (Wildman–Crippen LogP) is 1.25. The molecule has 2 atom stereocenters. The summed E-state index contributed by atoms with van der Waals surface area (Å²) in [6, 6.07) is 5.00. The van der Waals surface area contributed by atoms with E-state index in [1.54, 1.807) is 25.2 Å². The van der Waals surface area contributed by atoms with Crippen LogP contribution in [0.2, 0.25) is 0 Å². The van der Waals surface area contributed by atoms with Crippen molar-refractivity contribution in [2.75, 3.05) is 13.7 Å². The summed E-state index contributed by atoms with van der Waals surface area (Å²) in [6.45, 7) is 4.77. The summed E-state index contributed by atoms with van der Waals surface area (Å²) in [5.74, 6) is 0. The number of rotatable bonds is 4. The van der Waals surface area contributed by atoms with Gasteiger partial charge in [-0.2, -0.15) is 4.31 Å². The highest BCUT2D eigenvalue weighted by molar-refractivity contribution is 7.89. The van der Waals surface area contributed by atoms with Crippen LogP contribution in [0.4, 0.5) is 0 Å². The van der Waals surface area contributed by atoms with Gasteiger partial charge in [0.1, 0.15) is 0 Å². The highest BCUT2D eigenvalue weighted by Crippen LogP contribution is 2.25. The first-order chi connectivity index (χ1) is 9.37. The van der Waals surface area contributed by atoms with E-state index in [9.17, 15) is 8.42 Å². The molecule has 5 nitrogen and oxygen atoms in total. The zero-order valence-electron chi connectivity index (χ0n) is 12.2. The lowest BCUT2D eigenvalue weighted by Gasteiger charge is -2.26. The predicted molar refractivity (Wildman–Crippen MR) is 77.8 cm³/mol. The van der Waals surface area contributed by atoms with Crippen LogP contribution in [0.1, 0.15) is 24.5 Å². The molecule has 0 bridgehead atoms. The van der Waals surface area contributed by atoms with Crippen molar-refractivity contribution >= 4 is 10.0 Å². The van der Waals surface area contributed by atoms with Gasteiger partial charge in [-0.15, -0.1) is 0 Å². The number of likely N-dealkylation sites (N-methyl/N-ethyl adjacent to an activating group) is 1. The fourth-order valence-corrected chi connectivity index (χ4v) is 4.07. The smallest absolute Gasteiger partial charge is 0.243 e. The van der Waals surface area contributed by atoms with Crippen molar-refractivity contribution in [3.8, 4) is 0 Å². The van der Waals surface area contributed by atoms with Gasteiger partial charge in [0.2, 0.25) is 10.0 Å². The molecule has 2 rings (SSSR count). The molecule has 1 aromatic rings. The third-order valence-electron chi connectivity index (χ3n) is 4.02. The van der Waals surface area contributed by atoms with E-state index in [-0.39, 0.29) is 12.1 Å². The first-order valence-corrected chi connectivity index (χ1v) is 8.21. The Labute approximate surface area is 120 Å². The van der Waals surface area contributed by atoms with Crippen LogP contribution in [-0.4, -0.2) is 38.5 Å². The van der Waals surface area contributed by atoms with E-state index in [1.807, 2.05) is 13.8 Å². The molecular weight excluding hydrogens is 276 g/mol. The lowest BCUT2D eigenvalue weighted by atomic mass is 10.1. The molecule has 1 aliphatic heterocycles. The molecule has 0 radical (unpaired) electrons. The zero-order chi connectivity index (χ0) is 14.9. The quantitative estimate of drug-likeness (QED) is 0.908. The number of sulfonamides is 1. The fraction of sp³-hybridized carbons (Fsp3) is 0.571. The molecule has 2 unspecified atom stereocenters. The number of aryl methyl sites for hydroxylation is 1. The first-order valence-electron chi connectivity index (χ1n) is 6.77. The van der Waals surface area contributed by atoms with Crippen LogP contribution in [0.15, 0.2) is 23.1 Å². The van der Waals surface area contributed by atoms with E-state index in [0.717, 1.165) is 17.5 Å². The van der Waals surface area contributed by atoms with Crippen molar-refractivity contribution in [3.63, 3.8) is 0 Å². The van der Waals surface area contributed by atoms with Crippen LogP contribution in [0, 0.1) is 6.92 Å². The molecule has 0 saturated carbocycles. The number of nitrogens with two attached hydrogens (primary N) is 1. The summed E-state index contributed by atoms with van der Waals surface area (Å²) in [6.07, 6.45) is 0.654. The van der Waals surface area contributed by atoms with Gasteiger partial charge >= 0.3 is 0 Å². The van der Waals surface area contributed by atoms with E-state index < -0.39 is 10.0 Å². The molecule has 1 fully saturated rings. The van der Waals surface area contributed by atoms with Crippen LogP contribution >= 0.6 is 0 Å². The van der Waals surface area contributed by atoms with Crippen molar-refractivity contribution in [1.82, 2.24) is 4.31 Å². The molecule has 20 heavy (non-hydrogen) atoms. The second-order valence-electron chi connectivity index (χ2n) is 5.25. The van der Waals surface area contributed by atoms with Gasteiger partial charge in [0, 0.05) is 20.2 Å². The fourth-order valence-electron chi connectivity index (χ4n) is 2.57. The number of hydrogen-bond acceptors (Lipinski definition) is 4. The Morgan fingerprint density at radius 3 is 2.70 bits per heavy atom. The second kappa shape index (κ2) is 5.81. The van der Waals surface area contributed by atoms with E-state index in [0.29, 0.717) is 18.0 Å². The van der Waals surface area contributed by atoms with Gasteiger partial charge in [-0.3, -0.25) is 0 Å². The van der Waals surface area contributed by atoms with Crippen molar-refractivity contribution < 1.29 is 13.2 Å². The minimum absolute atomic E-state index is 0.0748. The Kier molecular flexibility index (Phi) is 4.49. The third-order valence-corrected chi connectivity index (χ3v) is 5.90. The maximum absolute atomic E-state index is 12.7. The molecule has 1 heterocycles. The molecule has 2 N–H and O–H groups in total. The van der Waals surface area contributed by atoms with Crippen LogP contribution < -0.4 is 5.73 Å². The Morgan fingerprint density at radius 2 is 2.15 bits per heavy atom. The molecule has 1 saturated heterocycles. The third kappa shape index (κ3) is 2.74. The summed E-state index contributed by atoms with van der Waals surface area (Å²) in [7, 11) is -1.89. The lowest BCUT2D eigenvalue weighted by Crippen LogP contribution is -2.40. The van der Waals surface area contributed by atoms with Crippen LogP contribution in [0.25, 0.3) is 0 Å². The van der Waals surface area contributed by atoms with Gasteiger partial charge in [0.25, 0.3) is 0 Å². The summed E-state index contributed by atoms with van der Waals surface area (Å²) in [4.78, 5) is 0.296. The second-order valence-corrected chi connectivity index (χ2v) is 7.24. The van der Waals surface area contributed by atoms with Gasteiger partial charge in [-0.05, 0) is 43.5 Å². The molecule has 0 aliphatic carbocycles. The Hall–Kier alpha value is -0.950. The van der Waals surface area contributed by atoms with Crippen LogP contribution in [0.5, 0.6) is 0 Å². The maximum Gasteiger partial charge on any atom is 0.243 e. The Bertz CT molecular complexity index is 586. The molecule has 1 aliphatic rings. The number of ether oxygens (including phenoxy) is 1. The molecule has 6 heteroatoms. The monoisotopic (exact) mass is 298 g/mol. The van der Waals surface area contributed by atoms with Crippen LogP contribution in [0.3, 0.4) is 0 Å². The highest BCUT2D eigenvalue weighted by Gasteiger charge is 2.35. The lowest BCUT2D eigenvalue weighted by molar-refractivity contribution is 0.102. The minimum Gasteiger partial charge on any atom is -0.377 e. The molecule has 0 spiro atoms. The van der Waals surface area contributed by atoms with Crippen molar-refractivity contribution in [3.05, 3.63) is 29.3 Å². The Balaban J connectivity index is 2.34. The van der Waals surface area contributed by atoms with Crippen molar-refractivity contribution in [2.45, 2.75) is 43.9 Å². The van der Waals surface area contributed by atoms with Crippen molar-refractivity contribution in [2.24, 2.45) is 5.73 Å². The first kappa shape index (κ1) is 15.4. The topological polar surface area (TPSA) is 72.6 Å². The zero-order valence-corrected chi connectivity index (χ0v) is 13.0. The van der Waals surface area contributed by atoms with Gasteiger partial charge in [-0.1, -0.05) is 6.07 Å². The normalized spacial score (nSPS) is 23.4. The number of hydrogen-bond donors (Lipinski definition) is 1. The molecule has 112 valence electrons. The highest BCUT2D eigenvalue weighted by atomic mass is 32.2. The van der Waals surface area contributed by atoms with Crippen molar-refractivity contribution in [1.29, 1.82) is 0 Å². The molecule has 0 aromatic heterocycles. The number of benzene rings is 1. The van der Waals surface area contributed by atoms with Crippen LogP contribution in [-0.2, 0) is 21.3 Å². The van der Waals surface area contributed by atoms with Gasteiger partial charge in [-0.25, -0.2) is 8.42 Å². The molecular formula is C14H22N2O3S. The van der Waals surface area contributed by atoms with Gasteiger partial charge in [0.15, 0.2) is 0 Å². The van der Waals surface area contributed by atoms with Gasteiger partial charge < -0.3 is 10.5 Å².